The number of aromatic nitrogens is 1. The second-order valence-corrected chi connectivity index (χ2v) is 7.81. The number of benzene rings is 2. The van der Waals surface area contributed by atoms with Crippen molar-refractivity contribution in [2.75, 3.05) is 10.0 Å². The fourth-order valence-corrected chi connectivity index (χ4v) is 3.73. The Labute approximate surface area is 154 Å². The third-order valence-electron chi connectivity index (χ3n) is 3.98. The van der Waals surface area contributed by atoms with Gasteiger partial charge in [-0.15, -0.1) is 0 Å². The van der Waals surface area contributed by atoms with Crippen molar-refractivity contribution in [3.63, 3.8) is 0 Å². The van der Waals surface area contributed by atoms with E-state index in [0.29, 0.717) is 11.5 Å². The molecule has 6 heteroatoms. The molecule has 26 heavy (non-hydrogen) atoms. The van der Waals surface area contributed by atoms with Crippen LogP contribution >= 0.6 is 0 Å². The molecule has 0 saturated carbocycles. The Balaban J connectivity index is 1.70. The van der Waals surface area contributed by atoms with Crippen LogP contribution in [0.3, 0.4) is 0 Å². The van der Waals surface area contributed by atoms with Crippen molar-refractivity contribution >= 4 is 21.5 Å². The van der Waals surface area contributed by atoms with Crippen LogP contribution in [0.5, 0.6) is 0 Å². The molecule has 0 fully saturated rings. The first-order valence-electron chi connectivity index (χ1n) is 8.31. The highest BCUT2D eigenvalue weighted by molar-refractivity contribution is 7.92. The fraction of sp³-hybridized carbons (Fsp3) is 0.150. The number of aryl methyl sites for hydroxylation is 1. The Morgan fingerprint density at radius 2 is 1.73 bits per heavy atom. The van der Waals surface area contributed by atoms with Gasteiger partial charge < -0.3 is 5.32 Å². The normalized spacial score (nSPS) is 12.4. The summed E-state index contributed by atoms with van der Waals surface area (Å²) < 4.78 is 27.4. The van der Waals surface area contributed by atoms with Crippen LogP contribution in [0.1, 0.15) is 24.1 Å². The van der Waals surface area contributed by atoms with Gasteiger partial charge in [0, 0.05) is 6.04 Å². The molecule has 2 aromatic carbocycles. The highest BCUT2D eigenvalue weighted by Gasteiger charge is 2.14. The lowest BCUT2D eigenvalue weighted by molar-refractivity contribution is 0.601. The molecule has 3 aromatic rings. The lowest BCUT2D eigenvalue weighted by Crippen LogP contribution is -2.13. The molecule has 5 nitrogen and oxygen atoms in total. The van der Waals surface area contributed by atoms with E-state index < -0.39 is 10.0 Å². The Morgan fingerprint density at radius 1 is 0.962 bits per heavy atom. The third kappa shape index (κ3) is 4.40. The van der Waals surface area contributed by atoms with Gasteiger partial charge in [0.15, 0.2) is 0 Å². The topological polar surface area (TPSA) is 71.1 Å². The summed E-state index contributed by atoms with van der Waals surface area (Å²) in [6.07, 6.45) is 1.51. The molecule has 1 heterocycles. The molecule has 134 valence electrons. The molecule has 1 unspecified atom stereocenters. The lowest BCUT2D eigenvalue weighted by atomic mass is 10.1. The number of pyridine rings is 1. The molecule has 0 aliphatic heterocycles. The summed E-state index contributed by atoms with van der Waals surface area (Å²) in [6, 6.07) is 20.4. The number of hydrogen-bond acceptors (Lipinski definition) is 4. The van der Waals surface area contributed by atoms with Crippen LogP contribution in [0.4, 0.5) is 11.5 Å². The van der Waals surface area contributed by atoms with Gasteiger partial charge in [-0.1, -0.05) is 42.5 Å². The van der Waals surface area contributed by atoms with Crippen molar-refractivity contribution in [1.29, 1.82) is 0 Å². The second kappa shape index (κ2) is 7.58. The Bertz CT molecular complexity index is 971. The molecular weight excluding hydrogens is 346 g/mol. The first-order chi connectivity index (χ1) is 12.4. The van der Waals surface area contributed by atoms with Crippen LogP contribution in [0.25, 0.3) is 0 Å². The number of anilines is 2. The Hall–Kier alpha value is -2.86. The van der Waals surface area contributed by atoms with Gasteiger partial charge in [0.1, 0.15) is 5.82 Å². The summed E-state index contributed by atoms with van der Waals surface area (Å²) in [5, 5.41) is 3.30. The first-order valence-corrected chi connectivity index (χ1v) is 9.79. The van der Waals surface area contributed by atoms with Crippen LogP contribution in [0.2, 0.25) is 0 Å². The zero-order valence-corrected chi connectivity index (χ0v) is 15.5. The SMILES string of the molecule is Cc1cccc(S(=O)(=O)Nc2ccc(NC(C)c3ccccc3)nc2)c1. The number of hydrogen-bond donors (Lipinski definition) is 2. The van der Waals surface area contributed by atoms with Crippen LogP contribution in [-0.4, -0.2) is 13.4 Å². The Kier molecular flexibility index (Phi) is 5.23. The van der Waals surface area contributed by atoms with Gasteiger partial charge in [0.2, 0.25) is 0 Å². The summed E-state index contributed by atoms with van der Waals surface area (Å²) >= 11 is 0. The van der Waals surface area contributed by atoms with E-state index in [4.69, 9.17) is 0 Å². The maximum atomic E-state index is 12.4. The molecule has 0 saturated heterocycles. The maximum absolute atomic E-state index is 12.4. The van der Waals surface area contributed by atoms with E-state index in [-0.39, 0.29) is 10.9 Å². The van der Waals surface area contributed by atoms with E-state index in [1.165, 1.54) is 6.20 Å². The summed E-state index contributed by atoms with van der Waals surface area (Å²) in [5.41, 5.74) is 2.46. The zero-order valence-electron chi connectivity index (χ0n) is 14.7. The highest BCUT2D eigenvalue weighted by atomic mass is 32.2. The number of sulfonamides is 1. The van der Waals surface area contributed by atoms with Crippen molar-refractivity contribution in [3.8, 4) is 0 Å². The van der Waals surface area contributed by atoms with Crippen LogP contribution < -0.4 is 10.0 Å². The minimum atomic E-state index is -3.63. The monoisotopic (exact) mass is 367 g/mol. The molecule has 0 spiro atoms. The second-order valence-electron chi connectivity index (χ2n) is 6.13. The van der Waals surface area contributed by atoms with E-state index in [9.17, 15) is 8.42 Å². The van der Waals surface area contributed by atoms with Crippen molar-refractivity contribution in [2.24, 2.45) is 0 Å². The van der Waals surface area contributed by atoms with Gasteiger partial charge in [-0.05, 0) is 49.2 Å². The smallest absolute Gasteiger partial charge is 0.261 e. The molecule has 3 rings (SSSR count). The van der Waals surface area contributed by atoms with E-state index in [1.54, 1.807) is 30.3 Å². The number of nitrogens with one attached hydrogen (secondary N) is 2. The van der Waals surface area contributed by atoms with E-state index in [2.05, 4.69) is 15.0 Å². The average Bonchev–Trinajstić information content (AvgIpc) is 2.64. The quantitative estimate of drug-likeness (QED) is 0.679. The van der Waals surface area contributed by atoms with Crippen molar-refractivity contribution < 1.29 is 8.42 Å². The third-order valence-corrected chi connectivity index (χ3v) is 5.36. The van der Waals surface area contributed by atoms with Crippen LogP contribution in [0.15, 0.2) is 77.8 Å². The first kappa shape index (κ1) is 17.9. The molecule has 0 aliphatic rings. The standard InChI is InChI=1S/C20H21N3O2S/c1-15-7-6-10-19(13-15)26(24,25)23-18-11-12-20(21-14-18)22-16(2)17-8-4-3-5-9-17/h3-14,16,23H,1-2H3,(H,21,22). The largest absolute Gasteiger partial charge is 0.364 e. The summed E-state index contributed by atoms with van der Waals surface area (Å²) in [4.78, 5) is 4.54. The fourth-order valence-electron chi connectivity index (χ4n) is 2.58. The Morgan fingerprint density at radius 3 is 2.38 bits per heavy atom. The van der Waals surface area contributed by atoms with Crippen LogP contribution in [-0.2, 0) is 10.0 Å². The van der Waals surface area contributed by atoms with Crippen molar-refractivity contribution in [2.45, 2.75) is 24.8 Å². The molecule has 0 amide bonds. The van der Waals surface area contributed by atoms with Gasteiger partial charge >= 0.3 is 0 Å². The van der Waals surface area contributed by atoms with E-state index >= 15 is 0 Å². The van der Waals surface area contributed by atoms with Gasteiger partial charge in [-0.25, -0.2) is 13.4 Å². The van der Waals surface area contributed by atoms with Crippen molar-refractivity contribution in [1.82, 2.24) is 4.98 Å². The maximum Gasteiger partial charge on any atom is 0.261 e. The van der Waals surface area contributed by atoms with Gasteiger partial charge in [-0.2, -0.15) is 0 Å². The van der Waals surface area contributed by atoms with Crippen LogP contribution in [0, 0.1) is 6.92 Å². The minimum absolute atomic E-state index is 0.0959. The molecule has 1 atom stereocenters. The summed E-state index contributed by atoms with van der Waals surface area (Å²) in [7, 11) is -3.63. The predicted octanol–water partition coefficient (Wildman–Crippen LogP) is 4.36. The molecule has 2 N–H and O–H groups in total. The van der Waals surface area contributed by atoms with Gasteiger partial charge in [-0.3, -0.25) is 4.72 Å². The van der Waals surface area contributed by atoms with Gasteiger partial charge in [0.25, 0.3) is 10.0 Å². The predicted molar refractivity (Wildman–Crippen MR) is 105 cm³/mol. The molecule has 1 aromatic heterocycles. The van der Waals surface area contributed by atoms with E-state index in [0.717, 1.165) is 11.1 Å². The summed E-state index contributed by atoms with van der Waals surface area (Å²) in [5.74, 6) is 0.680. The summed E-state index contributed by atoms with van der Waals surface area (Å²) in [6.45, 7) is 3.90. The number of rotatable bonds is 6. The zero-order chi connectivity index (χ0) is 18.6. The van der Waals surface area contributed by atoms with Gasteiger partial charge in [0.05, 0.1) is 16.8 Å². The van der Waals surface area contributed by atoms with Crippen molar-refractivity contribution in [3.05, 3.63) is 84.1 Å². The molecular formula is C20H21N3O2S. The van der Waals surface area contributed by atoms with E-state index in [1.807, 2.05) is 50.2 Å². The minimum Gasteiger partial charge on any atom is -0.364 e. The molecule has 0 radical (unpaired) electrons. The molecule has 0 bridgehead atoms. The number of nitrogens with zero attached hydrogens (tertiary/aromatic N) is 1. The average molecular weight is 367 g/mol. The lowest BCUT2D eigenvalue weighted by Gasteiger charge is -2.15. The highest BCUT2D eigenvalue weighted by Crippen LogP contribution is 2.20. The molecule has 0 aliphatic carbocycles.